The summed E-state index contributed by atoms with van der Waals surface area (Å²) < 4.78 is 0. The number of nitrogens with zero attached hydrogens (tertiary/aromatic N) is 1. The smallest absolute Gasteiger partial charge is 0.154 e. The van der Waals surface area contributed by atoms with Gasteiger partial charge in [-0.2, -0.15) is 5.26 Å². The van der Waals surface area contributed by atoms with Crippen LogP contribution in [0.4, 0.5) is 0 Å². The van der Waals surface area contributed by atoms with Gasteiger partial charge in [0.2, 0.25) is 0 Å². The molecule has 14 heavy (non-hydrogen) atoms. The van der Waals surface area contributed by atoms with Crippen molar-refractivity contribution in [3.05, 3.63) is 35.4 Å². The number of benzene rings is 1. The molecule has 0 unspecified atom stereocenters. The van der Waals surface area contributed by atoms with Crippen molar-refractivity contribution in [2.45, 2.75) is 6.42 Å². The van der Waals surface area contributed by atoms with Gasteiger partial charge in [-0.25, -0.2) is 0 Å². The normalized spacial score (nSPS) is 9.93. The average Bonchev–Trinajstić information content (AvgIpc) is 2.18. The van der Waals surface area contributed by atoms with Crippen LogP contribution in [0.15, 0.2) is 24.3 Å². The number of allylic oxidation sites excluding steroid dienone is 1. The Bertz CT molecular complexity index is 402. The molecule has 1 aromatic rings. The summed E-state index contributed by atoms with van der Waals surface area (Å²) in [5.74, 6) is -0.0425. The lowest BCUT2D eigenvalue weighted by atomic mass is 10.1. The van der Waals surface area contributed by atoms with E-state index in [1.165, 1.54) is 6.07 Å². The van der Waals surface area contributed by atoms with Crippen molar-refractivity contribution in [2.24, 2.45) is 0 Å². The van der Waals surface area contributed by atoms with Gasteiger partial charge in [0.25, 0.3) is 0 Å². The molecule has 70 valence electrons. The molecule has 0 aliphatic rings. The van der Waals surface area contributed by atoms with E-state index in [-0.39, 0.29) is 17.7 Å². The summed E-state index contributed by atoms with van der Waals surface area (Å²) in [5, 5.41) is 17.6. The maximum atomic E-state index is 10.6. The van der Waals surface area contributed by atoms with Crippen LogP contribution in [-0.4, -0.2) is 11.4 Å². The Labute approximate surface area is 81.9 Å². The van der Waals surface area contributed by atoms with Crippen molar-refractivity contribution in [1.29, 1.82) is 5.26 Å². The van der Waals surface area contributed by atoms with Gasteiger partial charge in [-0.15, -0.1) is 0 Å². The number of aromatic hydroxyl groups is 1. The van der Waals surface area contributed by atoms with Crippen LogP contribution in [0.2, 0.25) is 0 Å². The summed E-state index contributed by atoms with van der Waals surface area (Å²) in [6, 6.07) is 6.76. The first-order valence-corrected chi connectivity index (χ1v) is 4.10. The molecule has 0 heterocycles. The SMILES string of the molecule is N#CCC=Cc1cccc(O)c1C=O. The van der Waals surface area contributed by atoms with Crippen molar-refractivity contribution in [2.75, 3.05) is 0 Å². The largest absolute Gasteiger partial charge is 0.507 e. The molecule has 0 aromatic heterocycles. The number of rotatable bonds is 3. The first kappa shape index (κ1) is 10.0. The number of aldehydes is 1. The summed E-state index contributed by atoms with van der Waals surface area (Å²) in [6.45, 7) is 0. The Morgan fingerprint density at radius 3 is 2.93 bits per heavy atom. The average molecular weight is 187 g/mol. The predicted molar refractivity (Wildman–Crippen MR) is 52.8 cm³/mol. The van der Waals surface area contributed by atoms with Gasteiger partial charge in [0.15, 0.2) is 6.29 Å². The second-order valence-electron chi connectivity index (χ2n) is 2.66. The molecule has 0 aliphatic heterocycles. The van der Waals surface area contributed by atoms with E-state index in [1.807, 2.05) is 6.07 Å². The van der Waals surface area contributed by atoms with Crippen LogP contribution in [0.5, 0.6) is 5.75 Å². The Kier molecular flexibility index (Phi) is 3.45. The third-order valence-electron chi connectivity index (χ3n) is 1.74. The Morgan fingerprint density at radius 2 is 2.29 bits per heavy atom. The number of hydrogen-bond donors (Lipinski definition) is 1. The Morgan fingerprint density at radius 1 is 1.50 bits per heavy atom. The molecule has 1 aromatic carbocycles. The quantitative estimate of drug-likeness (QED) is 0.737. The minimum atomic E-state index is -0.0425. The second-order valence-corrected chi connectivity index (χ2v) is 2.66. The third-order valence-corrected chi connectivity index (χ3v) is 1.74. The van der Waals surface area contributed by atoms with Gasteiger partial charge in [0, 0.05) is 0 Å². The zero-order valence-electron chi connectivity index (χ0n) is 7.47. The van der Waals surface area contributed by atoms with Crippen LogP contribution in [0.3, 0.4) is 0 Å². The molecule has 3 nitrogen and oxygen atoms in total. The van der Waals surface area contributed by atoms with Gasteiger partial charge in [0.1, 0.15) is 5.75 Å². The van der Waals surface area contributed by atoms with Gasteiger partial charge in [-0.1, -0.05) is 24.3 Å². The summed E-state index contributed by atoms with van der Waals surface area (Å²) in [7, 11) is 0. The number of hydrogen-bond acceptors (Lipinski definition) is 3. The highest BCUT2D eigenvalue weighted by molar-refractivity contribution is 5.85. The molecule has 0 bridgehead atoms. The van der Waals surface area contributed by atoms with Crippen LogP contribution in [-0.2, 0) is 0 Å². The molecule has 0 saturated heterocycles. The molecule has 0 radical (unpaired) electrons. The van der Waals surface area contributed by atoms with Gasteiger partial charge < -0.3 is 5.11 Å². The van der Waals surface area contributed by atoms with Crippen LogP contribution in [0.25, 0.3) is 6.08 Å². The fourth-order valence-electron chi connectivity index (χ4n) is 1.08. The van der Waals surface area contributed by atoms with Crippen LogP contribution in [0.1, 0.15) is 22.3 Å². The lowest BCUT2D eigenvalue weighted by molar-refractivity contribution is 0.112. The zero-order chi connectivity index (χ0) is 10.4. The molecule has 1 N–H and O–H groups in total. The molecule has 0 atom stereocenters. The van der Waals surface area contributed by atoms with Crippen LogP contribution in [0, 0.1) is 11.3 Å². The first-order valence-electron chi connectivity index (χ1n) is 4.10. The standard InChI is InChI=1S/C11H9NO2/c12-7-2-1-4-9-5-3-6-11(14)10(9)8-13/h1,3-6,8,14H,2H2. The van der Waals surface area contributed by atoms with Crippen molar-refractivity contribution in [3.63, 3.8) is 0 Å². The fraction of sp³-hybridized carbons (Fsp3) is 0.0909. The summed E-state index contributed by atoms with van der Waals surface area (Å²) in [6.07, 6.45) is 4.17. The van der Waals surface area contributed by atoms with Crippen molar-refractivity contribution >= 4 is 12.4 Å². The highest BCUT2D eigenvalue weighted by Gasteiger charge is 2.02. The molecule has 0 aliphatic carbocycles. The molecule has 0 saturated carbocycles. The van der Waals surface area contributed by atoms with Crippen molar-refractivity contribution in [3.8, 4) is 11.8 Å². The van der Waals surface area contributed by atoms with Crippen molar-refractivity contribution in [1.82, 2.24) is 0 Å². The first-order chi connectivity index (χ1) is 6.79. The molecule has 1 rings (SSSR count). The fourth-order valence-corrected chi connectivity index (χ4v) is 1.08. The van der Waals surface area contributed by atoms with Gasteiger partial charge in [-0.05, 0) is 11.6 Å². The molecule has 0 fully saturated rings. The minimum absolute atomic E-state index is 0.0425. The lowest BCUT2D eigenvalue weighted by Gasteiger charge is -2.00. The highest BCUT2D eigenvalue weighted by Crippen LogP contribution is 2.19. The minimum Gasteiger partial charge on any atom is -0.507 e. The number of phenolic OH excluding ortho intramolecular Hbond substituents is 1. The van der Waals surface area contributed by atoms with Gasteiger partial charge >= 0.3 is 0 Å². The highest BCUT2D eigenvalue weighted by atomic mass is 16.3. The monoisotopic (exact) mass is 187 g/mol. The van der Waals surface area contributed by atoms with Crippen LogP contribution >= 0.6 is 0 Å². The number of carbonyl (C=O) groups excluding carboxylic acids is 1. The zero-order valence-corrected chi connectivity index (χ0v) is 7.47. The topological polar surface area (TPSA) is 61.1 Å². The summed E-state index contributed by atoms with van der Waals surface area (Å²) >= 11 is 0. The van der Waals surface area contributed by atoms with Gasteiger partial charge in [0.05, 0.1) is 18.1 Å². The maximum absolute atomic E-state index is 10.6. The molecule has 3 heteroatoms. The summed E-state index contributed by atoms with van der Waals surface area (Å²) in [4.78, 5) is 10.6. The Balaban J connectivity index is 3.03. The number of nitriles is 1. The number of phenols is 1. The lowest BCUT2D eigenvalue weighted by Crippen LogP contribution is -1.86. The van der Waals surface area contributed by atoms with Crippen molar-refractivity contribution < 1.29 is 9.90 Å². The Hall–Kier alpha value is -2.08. The maximum Gasteiger partial charge on any atom is 0.154 e. The van der Waals surface area contributed by atoms with E-state index in [0.29, 0.717) is 11.8 Å². The molecular weight excluding hydrogens is 178 g/mol. The number of carbonyl (C=O) groups is 1. The third kappa shape index (κ3) is 2.20. The van der Waals surface area contributed by atoms with E-state index in [9.17, 15) is 9.90 Å². The molecule has 0 spiro atoms. The van der Waals surface area contributed by atoms with E-state index in [4.69, 9.17) is 5.26 Å². The second kappa shape index (κ2) is 4.83. The van der Waals surface area contributed by atoms with E-state index in [2.05, 4.69) is 0 Å². The van der Waals surface area contributed by atoms with E-state index >= 15 is 0 Å². The summed E-state index contributed by atoms with van der Waals surface area (Å²) in [5.41, 5.74) is 0.872. The molecular formula is C11H9NO2. The van der Waals surface area contributed by atoms with E-state index in [1.54, 1.807) is 24.3 Å². The molecule has 0 amide bonds. The van der Waals surface area contributed by atoms with E-state index < -0.39 is 0 Å². The van der Waals surface area contributed by atoms with E-state index in [0.717, 1.165) is 0 Å². The van der Waals surface area contributed by atoms with Crippen LogP contribution < -0.4 is 0 Å². The van der Waals surface area contributed by atoms with Gasteiger partial charge in [-0.3, -0.25) is 4.79 Å². The predicted octanol–water partition coefficient (Wildman–Crippen LogP) is 2.13.